The van der Waals surface area contributed by atoms with Crippen LogP contribution in [0.25, 0.3) is 0 Å². The van der Waals surface area contributed by atoms with Crippen molar-refractivity contribution in [3.8, 4) is 5.75 Å². The van der Waals surface area contributed by atoms with Gasteiger partial charge in [0.2, 0.25) is 0 Å². The highest BCUT2D eigenvalue weighted by atomic mass is 35.5. The molecule has 3 heteroatoms. The summed E-state index contributed by atoms with van der Waals surface area (Å²) in [7, 11) is 0. The molecule has 0 atom stereocenters. The molecule has 0 aromatic heterocycles. The average Bonchev–Trinajstić information content (AvgIpc) is 2.09. The smallest absolute Gasteiger partial charge is 0.165 e. The lowest BCUT2D eigenvalue weighted by Crippen LogP contribution is -2.07. The summed E-state index contributed by atoms with van der Waals surface area (Å²) in [5.41, 5.74) is 0.810. The summed E-state index contributed by atoms with van der Waals surface area (Å²) in [5, 5.41) is 0.557. The Hall–Kier alpha value is -0.760. The van der Waals surface area contributed by atoms with Crippen molar-refractivity contribution in [3.63, 3.8) is 0 Å². The molecule has 1 nitrogen and oxygen atoms in total. The van der Waals surface area contributed by atoms with Gasteiger partial charge in [-0.15, -0.1) is 0 Å². The Kier molecular flexibility index (Phi) is 3.97. The molecule has 0 aliphatic rings. The third kappa shape index (κ3) is 3.10. The van der Waals surface area contributed by atoms with E-state index in [1.807, 2.05) is 27.7 Å². The molecule has 0 fully saturated rings. The minimum Gasteiger partial charge on any atom is -0.488 e. The molecule has 15 heavy (non-hydrogen) atoms. The first kappa shape index (κ1) is 12.3. The second-order valence-electron chi connectivity index (χ2n) is 4.13. The molecule has 1 rings (SSSR count). The van der Waals surface area contributed by atoms with Gasteiger partial charge in [0.25, 0.3) is 0 Å². The summed E-state index contributed by atoms with van der Waals surface area (Å²) in [6.07, 6.45) is -0.0551. The zero-order chi connectivity index (χ0) is 11.6. The SMILES string of the molecule is CC(C)Oc1cc(Cl)c(C(C)C)cc1F. The third-order valence-electron chi connectivity index (χ3n) is 2.04. The van der Waals surface area contributed by atoms with E-state index in [9.17, 15) is 4.39 Å². The van der Waals surface area contributed by atoms with Crippen LogP contribution in [0.3, 0.4) is 0 Å². The van der Waals surface area contributed by atoms with Gasteiger partial charge in [0.15, 0.2) is 11.6 Å². The molecular formula is C12H16ClFO. The van der Waals surface area contributed by atoms with Crippen LogP contribution in [0.2, 0.25) is 5.02 Å². The van der Waals surface area contributed by atoms with Crippen molar-refractivity contribution in [1.29, 1.82) is 0 Å². The summed E-state index contributed by atoms with van der Waals surface area (Å²) in [6.45, 7) is 7.65. The van der Waals surface area contributed by atoms with E-state index in [0.29, 0.717) is 5.02 Å². The topological polar surface area (TPSA) is 9.23 Å². The summed E-state index contributed by atoms with van der Waals surface area (Å²) < 4.78 is 18.9. The molecule has 0 spiro atoms. The van der Waals surface area contributed by atoms with E-state index < -0.39 is 0 Å². The summed E-state index contributed by atoms with van der Waals surface area (Å²) in [6, 6.07) is 3.00. The van der Waals surface area contributed by atoms with Crippen molar-refractivity contribution >= 4 is 11.6 Å². The highest BCUT2D eigenvalue weighted by Gasteiger charge is 2.12. The molecule has 0 unspecified atom stereocenters. The summed E-state index contributed by atoms with van der Waals surface area (Å²) in [5.74, 6) is 0.0799. The second kappa shape index (κ2) is 4.84. The van der Waals surface area contributed by atoms with Crippen LogP contribution < -0.4 is 4.74 Å². The maximum atomic E-state index is 13.6. The Balaban J connectivity index is 3.08. The van der Waals surface area contributed by atoms with E-state index >= 15 is 0 Å². The van der Waals surface area contributed by atoms with E-state index in [4.69, 9.17) is 16.3 Å². The fraction of sp³-hybridized carbons (Fsp3) is 0.500. The Morgan fingerprint density at radius 3 is 2.27 bits per heavy atom. The van der Waals surface area contributed by atoms with E-state index in [0.717, 1.165) is 5.56 Å². The predicted molar refractivity (Wildman–Crippen MR) is 61.3 cm³/mol. The number of ether oxygens (including phenoxy) is 1. The average molecular weight is 231 g/mol. The van der Waals surface area contributed by atoms with E-state index in [1.165, 1.54) is 6.07 Å². The van der Waals surface area contributed by atoms with E-state index in [-0.39, 0.29) is 23.6 Å². The molecule has 0 heterocycles. The van der Waals surface area contributed by atoms with Crippen molar-refractivity contribution in [2.75, 3.05) is 0 Å². The zero-order valence-corrected chi connectivity index (χ0v) is 10.2. The van der Waals surface area contributed by atoms with E-state index in [1.54, 1.807) is 6.07 Å². The Bertz CT molecular complexity index is 348. The second-order valence-corrected chi connectivity index (χ2v) is 4.53. The molecule has 0 aliphatic heterocycles. The van der Waals surface area contributed by atoms with Crippen molar-refractivity contribution in [2.24, 2.45) is 0 Å². The number of benzene rings is 1. The standard InChI is InChI=1S/C12H16ClFO/c1-7(2)9-5-11(14)12(6-10(9)13)15-8(3)4/h5-8H,1-4H3. The molecule has 0 N–H and O–H groups in total. The van der Waals surface area contributed by atoms with Crippen molar-refractivity contribution in [1.82, 2.24) is 0 Å². The number of hydrogen-bond donors (Lipinski definition) is 0. The van der Waals surface area contributed by atoms with Crippen molar-refractivity contribution in [2.45, 2.75) is 39.7 Å². The van der Waals surface area contributed by atoms with Gasteiger partial charge in [0, 0.05) is 11.1 Å². The van der Waals surface area contributed by atoms with Gasteiger partial charge in [-0.05, 0) is 31.4 Å². The van der Waals surface area contributed by atoms with Gasteiger partial charge < -0.3 is 4.74 Å². The highest BCUT2D eigenvalue weighted by Crippen LogP contribution is 2.31. The molecule has 0 amide bonds. The first-order valence-electron chi connectivity index (χ1n) is 5.07. The van der Waals surface area contributed by atoms with Crippen molar-refractivity contribution < 1.29 is 9.13 Å². The summed E-state index contributed by atoms with van der Waals surface area (Å²) >= 11 is 6.03. The lowest BCUT2D eigenvalue weighted by Gasteiger charge is -2.14. The van der Waals surface area contributed by atoms with Gasteiger partial charge in [-0.25, -0.2) is 4.39 Å². The van der Waals surface area contributed by atoms with Crippen LogP contribution in [-0.2, 0) is 0 Å². The molecule has 0 bridgehead atoms. The molecular weight excluding hydrogens is 215 g/mol. The monoisotopic (exact) mass is 230 g/mol. The van der Waals surface area contributed by atoms with Gasteiger partial charge in [0.05, 0.1) is 6.10 Å². The number of hydrogen-bond acceptors (Lipinski definition) is 1. The van der Waals surface area contributed by atoms with Gasteiger partial charge in [-0.2, -0.15) is 0 Å². The summed E-state index contributed by atoms with van der Waals surface area (Å²) in [4.78, 5) is 0. The van der Waals surface area contributed by atoms with Crippen LogP contribution in [0.15, 0.2) is 12.1 Å². The first-order valence-corrected chi connectivity index (χ1v) is 5.45. The molecule has 0 saturated heterocycles. The van der Waals surface area contributed by atoms with Crippen LogP contribution in [0.5, 0.6) is 5.75 Å². The minimum atomic E-state index is -0.350. The Morgan fingerprint density at radius 1 is 1.20 bits per heavy atom. The molecule has 0 radical (unpaired) electrons. The Labute approximate surface area is 95.2 Å². The third-order valence-corrected chi connectivity index (χ3v) is 2.36. The number of rotatable bonds is 3. The largest absolute Gasteiger partial charge is 0.488 e. The van der Waals surface area contributed by atoms with Gasteiger partial charge in [-0.1, -0.05) is 25.4 Å². The Morgan fingerprint density at radius 2 is 1.80 bits per heavy atom. The van der Waals surface area contributed by atoms with Crippen LogP contribution in [0.1, 0.15) is 39.2 Å². The normalized spacial score (nSPS) is 11.2. The van der Waals surface area contributed by atoms with E-state index in [2.05, 4.69) is 0 Å². The van der Waals surface area contributed by atoms with Crippen LogP contribution in [-0.4, -0.2) is 6.10 Å². The van der Waals surface area contributed by atoms with Gasteiger partial charge in [-0.3, -0.25) is 0 Å². The van der Waals surface area contributed by atoms with Crippen molar-refractivity contribution in [3.05, 3.63) is 28.5 Å². The fourth-order valence-electron chi connectivity index (χ4n) is 1.33. The maximum Gasteiger partial charge on any atom is 0.165 e. The quantitative estimate of drug-likeness (QED) is 0.748. The van der Waals surface area contributed by atoms with Gasteiger partial charge in [0.1, 0.15) is 0 Å². The fourth-order valence-corrected chi connectivity index (χ4v) is 1.70. The highest BCUT2D eigenvalue weighted by molar-refractivity contribution is 6.31. The maximum absolute atomic E-state index is 13.6. The minimum absolute atomic E-state index is 0.0551. The molecule has 1 aromatic rings. The van der Waals surface area contributed by atoms with Crippen LogP contribution in [0.4, 0.5) is 4.39 Å². The zero-order valence-electron chi connectivity index (χ0n) is 9.47. The predicted octanol–water partition coefficient (Wildman–Crippen LogP) is 4.39. The number of halogens is 2. The molecule has 1 aromatic carbocycles. The lowest BCUT2D eigenvalue weighted by atomic mass is 10.0. The lowest BCUT2D eigenvalue weighted by molar-refractivity contribution is 0.231. The first-order chi connectivity index (χ1) is 6.91. The molecule has 0 aliphatic carbocycles. The van der Waals surface area contributed by atoms with Crippen LogP contribution >= 0.6 is 11.6 Å². The molecule has 84 valence electrons. The molecule has 0 saturated carbocycles. The van der Waals surface area contributed by atoms with Gasteiger partial charge >= 0.3 is 0 Å². The van der Waals surface area contributed by atoms with Crippen LogP contribution in [0, 0.1) is 5.82 Å².